The Labute approximate surface area is 147 Å². The first-order chi connectivity index (χ1) is 11.8. The highest BCUT2D eigenvalue weighted by Gasteiger charge is 2.31. The van der Waals surface area contributed by atoms with Gasteiger partial charge in [-0.1, -0.05) is 6.42 Å². The van der Waals surface area contributed by atoms with Crippen LogP contribution in [-0.4, -0.2) is 73.2 Å². The molecule has 2 aliphatic heterocycles. The third-order valence-electron chi connectivity index (χ3n) is 5.35. The molecule has 7 heteroatoms. The van der Waals surface area contributed by atoms with Crippen molar-refractivity contribution in [1.29, 1.82) is 0 Å². The van der Waals surface area contributed by atoms with Gasteiger partial charge < -0.3 is 14.5 Å². The van der Waals surface area contributed by atoms with Gasteiger partial charge >= 0.3 is 0 Å². The van der Waals surface area contributed by atoms with Crippen LogP contribution in [0.2, 0.25) is 0 Å². The van der Waals surface area contributed by atoms with Crippen LogP contribution in [0, 0.1) is 5.92 Å². The Balaban J connectivity index is 1.28. The summed E-state index contributed by atoms with van der Waals surface area (Å²) >= 11 is 1.73. The van der Waals surface area contributed by atoms with E-state index in [0.717, 1.165) is 82.7 Å². The van der Waals surface area contributed by atoms with Gasteiger partial charge in [-0.05, 0) is 12.8 Å². The number of anilines is 1. The van der Waals surface area contributed by atoms with Gasteiger partial charge in [0.05, 0.1) is 18.9 Å². The Morgan fingerprint density at radius 1 is 1.17 bits per heavy atom. The van der Waals surface area contributed by atoms with Gasteiger partial charge in [0.1, 0.15) is 0 Å². The first kappa shape index (κ1) is 16.3. The molecule has 1 aromatic rings. The summed E-state index contributed by atoms with van der Waals surface area (Å²) in [6.07, 6.45) is 3.41. The lowest BCUT2D eigenvalue weighted by atomic mass is 9.84. The summed E-state index contributed by atoms with van der Waals surface area (Å²) < 4.78 is 5.40. The van der Waals surface area contributed by atoms with E-state index in [1.54, 1.807) is 11.3 Å². The highest BCUT2D eigenvalue weighted by molar-refractivity contribution is 7.13. The lowest BCUT2D eigenvalue weighted by molar-refractivity contribution is -0.138. The highest BCUT2D eigenvalue weighted by atomic mass is 32.1. The molecule has 3 fully saturated rings. The predicted molar refractivity (Wildman–Crippen MR) is 94.3 cm³/mol. The molecule has 132 valence electrons. The number of hydrogen-bond donors (Lipinski definition) is 0. The maximum Gasteiger partial charge on any atom is 0.225 e. The van der Waals surface area contributed by atoms with Crippen LogP contribution >= 0.6 is 11.3 Å². The third kappa shape index (κ3) is 3.58. The molecule has 0 spiro atoms. The second-order valence-electron chi connectivity index (χ2n) is 6.95. The standard InChI is InChI=1S/C17H26N4O2S/c22-16(14-2-1-3-14)20-4-6-21(7-5-20)17-18-15(13-24-17)12-19-8-10-23-11-9-19/h13-14H,1-12H2. The van der Waals surface area contributed by atoms with E-state index in [-0.39, 0.29) is 0 Å². The molecule has 0 radical (unpaired) electrons. The molecular weight excluding hydrogens is 324 g/mol. The smallest absolute Gasteiger partial charge is 0.225 e. The van der Waals surface area contributed by atoms with Gasteiger partial charge in [-0.15, -0.1) is 11.3 Å². The number of carbonyl (C=O) groups excluding carboxylic acids is 1. The summed E-state index contributed by atoms with van der Waals surface area (Å²) in [4.78, 5) is 23.9. The molecule has 0 aromatic carbocycles. The van der Waals surface area contributed by atoms with Crippen LogP contribution in [0.15, 0.2) is 5.38 Å². The minimum atomic E-state index is 0.316. The van der Waals surface area contributed by atoms with Crippen molar-refractivity contribution in [2.75, 3.05) is 57.4 Å². The molecule has 6 nitrogen and oxygen atoms in total. The minimum Gasteiger partial charge on any atom is -0.379 e. The number of amides is 1. The summed E-state index contributed by atoms with van der Waals surface area (Å²) in [5.41, 5.74) is 1.16. The van der Waals surface area contributed by atoms with Gasteiger partial charge in [0.15, 0.2) is 5.13 Å². The molecule has 24 heavy (non-hydrogen) atoms. The van der Waals surface area contributed by atoms with Crippen molar-refractivity contribution in [3.05, 3.63) is 11.1 Å². The molecule has 0 unspecified atom stereocenters. The van der Waals surface area contributed by atoms with Crippen molar-refractivity contribution >= 4 is 22.4 Å². The van der Waals surface area contributed by atoms with E-state index in [9.17, 15) is 4.79 Å². The SMILES string of the molecule is O=C(C1CCC1)N1CCN(c2nc(CN3CCOCC3)cs2)CC1. The number of ether oxygens (including phenoxy) is 1. The van der Waals surface area contributed by atoms with E-state index in [0.29, 0.717) is 11.8 Å². The number of rotatable bonds is 4. The van der Waals surface area contributed by atoms with Crippen molar-refractivity contribution in [3.8, 4) is 0 Å². The molecule has 1 aliphatic carbocycles. The number of thiazole rings is 1. The van der Waals surface area contributed by atoms with Crippen LogP contribution in [-0.2, 0) is 16.1 Å². The topological polar surface area (TPSA) is 48.9 Å². The Morgan fingerprint density at radius 2 is 1.92 bits per heavy atom. The van der Waals surface area contributed by atoms with Crippen LogP contribution in [0.1, 0.15) is 25.0 Å². The van der Waals surface area contributed by atoms with Crippen LogP contribution in [0.25, 0.3) is 0 Å². The zero-order valence-corrected chi connectivity index (χ0v) is 15.0. The van der Waals surface area contributed by atoms with E-state index in [1.165, 1.54) is 6.42 Å². The summed E-state index contributed by atoms with van der Waals surface area (Å²) in [6.45, 7) is 8.05. The fourth-order valence-electron chi connectivity index (χ4n) is 3.53. The van der Waals surface area contributed by atoms with Gasteiger partial charge in [-0.25, -0.2) is 4.98 Å². The molecule has 4 rings (SSSR count). The lowest BCUT2D eigenvalue weighted by Gasteiger charge is -2.38. The Hall–Kier alpha value is -1.18. The van der Waals surface area contributed by atoms with Gasteiger partial charge in [0.2, 0.25) is 5.91 Å². The van der Waals surface area contributed by atoms with Crippen molar-refractivity contribution in [1.82, 2.24) is 14.8 Å². The van der Waals surface area contributed by atoms with Crippen LogP contribution in [0.3, 0.4) is 0 Å². The second-order valence-corrected chi connectivity index (χ2v) is 7.79. The number of aromatic nitrogens is 1. The maximum absolute atomic E-state index is 12.3. The number of piperazine rings is 1. The molecule has 0 atom stereocenters. The number of carbonyl (C=O) groups is 1. The molecule has 1 aromatic heterocycles. The summed E-state index contributed by atoms with van der Waals surface area (Å²) in [7, 11) is 0. The van der Waals surface area contributed by atoms with E-state index in [1.807, 2.05) is 0 Å². The van der Waals surface area contributed by atoms with E-state index < -0.39 is 0 Å². The average molecular weight is 350 g/mol. The minimum absolute atomic E-state index is 0.316. The van der Waals surface area contributed by atoms with Crippen molar-refractivity contribution in [3.63, 3.8) is 0 Å². The molecule has 1 amide bonds. The van der Waals surface area contributed by atoms with Crippen molar-refractivity contribution in [2.24, 2.45) is 5.92 Å². The lowest BCUT2D eigenvalue weighted by Crippen LogP contribution is -2.51. The molecular formula is C17H26N4O2S. The highest BCUT2D eigenvalue weighted by Crippen LogP contribution is 2.29. The largest absolute Gasteiger partial charge is 0.379 e. The Kier molecular flexibility index (Phi) is 5.01. The zero-order chi connectivity index (χ0) is 16.4. The fourth-order valence-corrected chi connectivity index (χ4v) is 4.40. The average Bonchev–Trinajstić information content (AvgIpc) is 3.03. The van der Waals surface area contributed by atoms with Crippen LogP contribution < -0.4 is 4.90 Å². The van der Waals surface area contributed by atoms with Crippen LogP contribution in [0.5, 0.6) is 0 Å². The van der Waals surface area contributed by atoms with Crippen molar-refractivity contribution in [2.45, 2.75) is 25.8 Å². The van der Waals surface area contributed by atoms with Crippen LogP contribution in [0.4, 0.5) is 5.13 Å². The quantitative estimate of drug-likeness (QED) is 0.822. The summed E-state index contributed by atoms with van der Waals surface area (Å²) in [5, 5.41) is 3.28. The molecule has 0 N–H and O–H groups in total. The number of morpholine rings is 1. The Morgan fingerprint density at radius 3 is 2.58 bits per heavy atom. The summed E-state index contributed by atoms with van der Waals surface area (Å²) in [5.74, 6) is 0.699. The Bertz CT molecular complexity index is 561. The maximum atomic E-state index is 12.3. The molecule has 0 bridgehead atoms. The van der Waals surface area contributed by atoms with E-state index in [4.69, 9.17) is 9.72 Å². The predicted octanol–water partition coefficient (Wildman–Crippen LogP) is 1.42. The molecule has 1 saturated carbocycles. The number of nitrogens with zero attached hydrogens (tertiary/aromatic N) is 4. The fraction of sp³-hybridized carbons (Fsp3) is 0.765. The number of hydrogen-bond acceptors (Lipinski definition) is 6. The van der Waals surface area contributed by atoms with Crippen molar-refractivity contribution < 1.29 is 9.53 Å². The van der Waals surface area contributed by atoms with Gasteiger partial charge in [-0.2, -0.15) is 0 Å². The van der Waals surface area contributed by atoms with Gasteiger partial charge in [0.25, 0.3) is 0 Å². The van der Waals surface area contributed by atoms with Gasteiger partial charge in [0, 0.05) is 57.1 Å². The van der Waals surface area contributed by atoms with E-state index >= 15 is 0 Å². The summed E-state index contributed by atoms with van der Waals surface area (Å²) in [6, 6.07) is 0. The second kappa shape index (κ2) is 7.37. The van der Waals surface area contributed by atoms with E-state index in [2.05, 4.69) is 20.1 Å². The normalized spacial score (nSPS) is 23.3. The van der Waals surface area contributed by atoms with Gasteiger partial charge in [-0.3, -0.25) is 9.69 Å². The molecule has 3 heterocycles. The molecule has 2 saturated heterocycles. The monoisotopic (exact) mass is 350 g/mol. The zero-order valence-electron chi connectivity index (χ0n) is 14.2. The molecule has 3 aliphatic rings. The first-order valence-electron chi connectivity index (χ1n) is 9.08. The third-order valence-corrected chi connectivity index (χ3v) is 6.30. The first-order valence-corrected chi connectivity index (χ1v) is 9.96.